The van der Waals surface area contributed by atoms with Crippen molar-refractivity contribution in [3.63, 3.8) is 0 Å². The standard InChI is InChI=1S/C17H35NOSi3/c1-10-17(18(20(2,3)4)21(5,6)7)22(8,9)19-16-14-12-11-13-15-16/h11-15,17H,10H2,1-9H3. The zero-order chi connectivity index (χ0) is 17.2. The van der Waals surface area contributed by atoms with Gasteiger partial charge in [0.25, 0.3) is 8.32 Å². The Hall–Kier alpha value is -0.369. The highest BCUT2D eigenvalue weighted by molar-refractivity contribution is 6.91. The molecule has 1 aromatic carbocycles. The summed E-state index contributed by atoms with van der Waals surface area (Å²) in [7, 11) is -4.63. The van der Waals surface area contributed by atoms with Gasteiger partial charge in [0, 0.05) is 5.67 Å². The number of benzene rings is 1. The van der Waals surface area contributed by atoms with E-state index >= 15 is 0 Å². The molecule has 0 spiro atoms. The SMILES string of the molecule is CCC(N([Si](C)(C)C)[Si](C)(C)C)[Si](C)(C)Oc1ccccc1. The fraction of sp³-hybridized carbons (Fsp3) is 0.647. The van der Waals surface area contributed by atoms with Crippen LogP contribution in [0.25, 0.3) is 0 Å². The van der Waals surface area contributed by atoms with Gasteiger partial charge in [0.05, 0.1) is 0 Å². The Morgan fingerprint density at radius 3 is 1.68 bits per heavy atom. The van der Waals surface area contributed by atoms with Crippen LogP contribution in [0.15, 0.2) is 30.3 Å². The van der Waals surface area contributed by atoms with E-state index in [0.717, 1.165) is 5.75 Å². The molecule has 0 bridgehead atoms. The van der Waals surface area contributed by atoms with Gasteiger partial charge in [0.15, 0.2) is 0 Å². The lowest BCUT2D eigenvalue weighted by Crippen LogP contribution is -2.70. The van der Waals surface area contributed by atoms with Crippen molar-refractivity contribution in [3.05, 3.63) is 30.3 Å². The zero-order valence-corrected chi connectivity index (χ0v) is 19.0. The number of rotatable bonds is 7. The highest BCUT2D eigenvalue weighted by Gasteiger charge is 2.47. The maximum atomic E-state index is 6.57. The summed E-state index contributed by atoms with van der Waals surface area (Å²) in [4.78, 5) is 0. The average molecular weight is 354 g/mol. The van der Waals surface area contributed by atoms with Gasteiger partial charge in [-0.25, -0.2) is 0 Å². The van der Waals surface area contributed by atoms with E-state index in [1.165, 1.54) is 6.42 Å². The Morgan fingerprint density at radius 1 is 0.864 bits per heavy atom. The van der Waals surface area contributed by atoms with Crippen molar-refractivity contribution in [2.24, 2.45) is 0 Å². The normalized spacial score (nSPS) is 15.0. The van der Waals surface area contributed by atoms with Crippen LogP contribution in [0.5, 0.6) is 5.75 Å². The molecule has 1 rings (SSSR count). The Kier molecular flexibility index (Phi) is 6.29. The number of hydrogen-bond acceptors (Lipinski definition) is 2. The molecule has 0 saturated heterocycles. The van der Waals surface area contributed by atoms with Crippen LogP contribution in [-0.2, 0) is 0 Å². The van der Waals surface area contributed by atoms with E-state index in [2.05, 4.69) is 93.9 Å². The van der Waals surface area contributed by atoms with E-state index in [-0.39, 0.29) is 0 Å². The highest BCUT2D eigenvalue weighted by atomic mass is 28.4. The molecule has 0 saturated carbocycles. The minimum atomic E-state index is -1.86. The van der Waals surface area contributed by atoms with E-state index < -0.39 is 24.8 Å². The molecule has 0 aromatic heterocycles. The zero-order valence-electron chi connectivity index (χ0n) is 16.0. The second kappa shape index (κ2) is 7.03. The van der Waals surface area contributed by atoms with E-state index in [9.17, 15) is 0 Å². The molecular weight excluding hydrogens is 318 g/mol. The van der Waals surface area contributed by atoms with Crippen LogP contribution < -0.4 is 4.43 Å². The minimum absolute atomic E-state index is 0.589. The third-order valence-corrected chi connectivity index (χ3v) is 15.2. The molecule has 0 aliphatic rings. The van der Waals surface area contributed by atoms with Crippen LogP contribution in [0.4, 0.5) is 0 Å². The monoisotopic (exact) mass is 353 g/mol. The summed E-state index contributed by atoms with van der Waals surface area (Å²) in [6, 6.07) is 10.4. The minimum Gasteiger partial charge on any atom is -0.542 e. The van der Waals surface area contributed by atoms with Crippen molar-refractivity contribution in [1.82, 2.24) is 4.23 Å². The van der Waals surface area contributed by atoms with Crippen molar-refractivity contribution in [3.8, 4) is 5.75 Å². The molecule has 0 fully saturated rings. The van der Waals surface area contributed by atoms with E-state index in [0.29, 0.717) is 5.67 Å². The molecule has 2 nitrogen and oxygen atoms in total. The third kappa shape index (κ3) is 5.08. The molecule has 0 aliphatic heterocycles. The number of para-hydroxylation sites is 1. The largest absolute Gasteiger partial charge is 0.542 e. The average Bonchev–Trinajstić information content (AvgIpc) is 2.33. The maximum absolute atomic E-state index is 6.57. The summed E-state index contributed by atoms with van der Waals surface area (Å²) >= 11 is 0. The van der Waals surface area contributed by atoms with Crippen LogP contribution in [-0.4, -0.2) is 34.7 Å². The molecule has 5 heteroatoms. The van der Waals surface area contributed by atoms with Crippen LogP contribution in [0.2, 0.25) is 52.4 Å². The Balaban J connectivity index is 3.15. The topological polar surface area (TPSA) is 12.5 Å². The summed E-state index contributed by atoms with van der Waals surface area (Å²) in [6.45, 7) is 22.0. The first-order chi connectivity index (χ1) is 9.89. The first-order valence-electron chi connectivity index (χ1n) is 8.43. The molecule has 0 amide bonds. The summed E-state index contributed by atoms with van der Waals surface area (Å²) < 4.78 is 9.51. The van der Waals surface area contributed by atoms with E-state index in [4.69, 9.17) is 4.43 Å². The molecule has 0 aliphatic carbocycles. The van der Waals surface area contributed by atoms with Gasteiger partial charge in [-0.3, -0.25) is 0 Å². The second-order valence-electron chi connectivity index (χ2n) is 8.65. The lowest BCUT2D eigenvalue weighted by Gasteiger charge is -2.52. The Labute approximate surface area is 141 Å². The van der Waals surface area contributed by atoms with Crippen molar-refractivity contribution < 1.29 is 4.43 Å². The van der Waals surface area contributed by atoms with Gasteiger partial charge in [-0.2, -0.15) is 0 Å². The first-order valence-corrected chi connectivity index (χ1v) is 18.3. The van der Waals surface area contributed by atoms with E-state index in [1.807, 2.05) is 0 Å². The van der Waals surface area contributed by atoms with Crippen molar-refractivity contribution in [2.45, 2.75) is 71.4 Å². The molecule has 1 unspecified atom stereocenters. The van der Waals surface area contributed by atoms with Gasteiger partial charge < -0.3 is 8.66 Å². The molecule has 22 heavy (non-hydrogen) atoms. The lowest BCUT2D eigenvalue weighted by atomic mass is 10.3. The fourth-order valence-corrected chi connectivity index (χ4v) is 20.7. The van der Waals surface area contributed by atoms with Gasteiger partial charge in [-0.05, 0) is 31.6 Å². The van der Waals surface area contributed by atoms with Gasteiger partial charge in [0.2, 0.25) is 0 Å². The summed E-state index contributed by atoms with van der Waals surface area (Å²) in [5.41, 5.74) is 0.589. The van der Waals surface area contributed by atoms with Gasteiger partial charge in [-0.15, -0.1) is 0 Å². The quantitative estimate of drug-likeness (QED) is 0.595. The van der Waals surface area contributed by atoms with Gasteiger partial charge in [-0.1, -0.05) is 64.4 Å². The first kappa shape index (κ1) is 19.7. The van der Waals surface area contributed by atoms with Crippen molar-refractivity contribution in [1.29, 1.82) is 0 Å². The Morgan fingerprint density at radius 2 is 1.32 bits per heavy atom. The van der Waals surface area contributed by atoms with Crippen LogP contribution in [0.3, 0.4) is 0 Å². The summed E-state index contributed by atoms with van der Waals surface area (Å²) in [5.74, 6) is 1.03. The summed E-state index contributed by atoms with van der Waals surface area (Å²) in [6.07, 6.45) is 1.18. The van der Waals surface area contributed by atoms with Crippen LogP contribution in [0, 0.1) is 0 Å². The third-order valence-electron chi connectivity index (χ3n) is 4.07. The number of nitrogens with zero attached hydrogens (tertiary/aromatic N) is 1. The highest BCUT2D eigenvalue weighted by Crippen LogP contribution is 2.31. The molecule has 0 radical (unpaired) electrons. The van der Waals surface area contributed by atoms with Gasteiger partial charge in [0.1, 0.15) is 22.2 Å². The molecule has 1 aromatic rings. The molecule has 0 heterocycles. The van der Waals surface area contributed by atoms with Crippen molar-refractivity contribution >= 4 is 24.8 Å². The molecule has 0 N–H and O–H groups in total. The number of hydrogen-bond donors (Lipinski definition) is 0. The van der Waals surface area contributed by atoms with Crippen LogP contribution >= 0.6 is 0 Å². The molecule has 1 atom stereocenters. The molecule has 126 valence electrons. The smallest absolute Gasteiger partial charge is 0.260 e. The molecular formula is C17H35NOSi3. The predicted molar refractivity (Wildman–Crippen MR) is 107 cm³/mol. The van der Waals surface area contributed by atoms with Gasteiger partial charge >= 0.3 is 0 Å². The van der Waals surface area contributed by atoms with Crippen LogP contribution in [0.1, 0.15) is 13.3 Å². The fourth-order valence-electron chi connectivity index (χ4n) is 3.79. The summed E-state index contributed by atoms with van der Waals surface area (Å²) in [5, 5.41) is 0. The maximum Gasteiger partial charge on any atom is 0.260 e. The van der Waals surface area contributed by atoms with E-state index in [1.54, 1.807) is 0 Å². The predicted octanol–water partition coefficient (Wildman–Crippen LogP) is 5.56. The lowest BCUT2D eigenvalue weighted by molar-refractivity contribution is 0.445. The van der Waals surface area contributed by atoms with Crippen molar-refractivity contribution in [2.75, 3.05) is 0 Å². The Bertz CT molecular complexity index is 449. The second-order valence-corrected chi connectivity index (χ2v) is 22.8.